The van der Waals surface area contributed by atoms with Crippen LogP contribution in [0.1, 0.15) is 24.1 Å². The fraction of sp³-hybridized carbons (Fsp3) is 0.190. The van der Waals surface area contributed by atoms with Gasteiger partial charge in [-0.3, -0.25) is 14.8 Å². The normalized spacial score (nSPS) is 12.5. The molecule has 0 saturated heterocycles. The molecule has 0 spiro atoms. The lowest BCUT2D eigenvalue weighted by Gasteiger charge is -2.22. The molecule has 3 aromatic rings. The van der Waals surface area contributed by atoms with Crippen LogP contribution in [0.2, 0.25) is 0 Å². The van der Waals surface area contributed by atoms with Crippen LogP contribution in [0.25, 0.3) is 11.4 Å². The van der Waals surface area contributed by atoms with Crippen molar-refractivity contribution in [1.29, 1.82) is 5.41 Å². The van der Waals surface area contributed by atoms with E-state index in [1.807, 2.05) is 0 Å². The molecule has 0 amide bonds. The second-order valence-electron chi connectivity index (χ2n) is 6.74. The standard InChI is InChI=1S/C21H18F3N3O3/c1-12(11-13-7-3-2-4-8-13)27-18(14-9-5-6-10-15(14)28)26-19(29)16(20(27)30)17(25)21(22,23)24/h2-10,12,25,28-29H,11H2,1H3/t12-/m1/s1. The SMILES string of the molecule is C[C@H](Cc1ccccc1)n1c(-c2ccccc2O)nc(O)c(C(=N)C(F)(F)F)c1=O. The summed E-state index contributed by atoms with van der Waals surface area (Å²) in [6.45, 7) is 1.61. The smallest absolute Gasteiger partial charge is 0.433 e. The molecule has 9 heteroatoms. The number of benzene rings is 2. The Labute approximate surface area is 169 Å². The van der Waals surface area contributed by atoms with Crippen LogP contribution in [-0.2, 0) is 6.42 Å². The minimum Gasteiger partial charge on any atom is -0.507 e. The van der Waals surface area contributed by atoms with Crippen LogP contribution in [0, 0.1) is 5.41 Å². The molecule has 3 N–H and O–H groups in total. The monoisotopic (exact) mass is 417 g/mol. The Bertz CT molecular complexity index is 1140. The lowest BCUT2D eigenvalue weighted by molar-refractivity contribution is -0.0590. The molecule has 1 heterocycles. The largest absolute Gasteiger partial charge is 0.507 e. The number of rotatable bonds is 5. The average Bonchev–Trinajstić information content (AvgIpc) is 2.67. The van der Waals surface area contributed by atoms with Crippen LogP contribution >= 0.6 is 0 Å². The van der Waals surface area contributed by atoms with Crippen molar-refractivity contribution in [2.45, 2.75) is 25.6 Å². The molecule has 156 valence electrons. The van der Waals surface area contributed by atoms with Crippen molar-refractivity contribution < 1.29 is 23.4 Å². The van der Waals surface area contributed by atoms with Gasteiger partial charge in [-0.25, -0.2) is 0 Å². The molecule has 0 saturated carbocycles. The molecule has 0 bridgehead atoms. The summed E-state index contributed by atoms with van der Waals surface area (Å²) in [6, 6.07) is 14.1. The van der Waals surface area contributed by atoms with Gasteiger partial charge in [-0.05, 0) is 31.0 Å². The third-order valence-corrected chi connectivity index (χ3v) is 4.59. The number of hydrogen-bond acceptors (Lipinski definition) is 5. The Morgan fingerprint density at radius 3 is 2.30 bits per heavy atom. The van der Waals surface area contributed by atoms with Crippen LogP contribution < -0.4 is 5.56 Å². The topological polar surface area (TPSA) is 99.2 Å². The highest BCUT2D eigenvalue weighted by molar-refractivity contribution is 6.03. The Balaban J connectivity index is 2.26. The van der Waals surface area contributed by atoms with E-state index in [0.717, 1.165) is 10.1 Å². The summed E-state index contributed by atoms with van der Waals surface area (Å²) in [6.07, 6.45) is -4.87. The van der Waals surface area contributed by atoms with E-state index in [1.165, 1.54) is 18.2 Å². The van der Waals surface area contributed by atoms with E-state index in [-0.39, 0.29) is 23.6 Å². The lowest BCUT2D eigenvalue weighted by Crippen LogP contribution is -2.36. The van der Waals surface area contributed by atoms with Crippen LogP contribution in [0.15, 0.2) is 59.4 Å². The third-order valence-electron chi connectivity index (χ3n) is 4.59. The van der Waals surface area contributed by atoms with E-state index >= 15 is 0 Å². The fourth-order valence-electron chi connectivity index (χ4n) is 3.19. The Morgan fingerprint density at radius 2 is 1.70 bits per heavy atom. The number of nitrogens with zero attached hydrogens (tertiary/aromatic N) is 2. The molecule has 0 aliphatic rings. The first kappa shape index (κ1) is 21.1. The zero-order valence-electron chi connectivity index (χ0n) is 15.8. The van der Waals surface area contributed by atoms with Gasteiger partial charge in [0.15, 0.2) is 11.5 Å². The number of halogens is 3. The highest BCUT2D eigenvalue weighted by Gasteiger charge is 2.40. The summed E-state index contributed by atoms with van der Waals surface area (Å²) in [4.78, 5) is 16.8. The molecule has 6 nitrogen and oxygen atoms in total. The van der Waals surface area contributed by atoms with Crippen LogP contribution in [0.4, 0.5) is 13.2 Å². The molecule has 0 radical (unpaired) electrons. The lowest BCUT2D eigenvalue weighted by atomic mass is 10.0. The molecule has 0 unspecified atom stereocenters. The maximum Gasteiger partial charge on any atom is 0.433 e. The van der Waals surface area contributed by atoms with Gasteiger partial charge < -0.3 is 10.2 Å². The van der Waals surface area contributed by atoms with Crippen LogP contribution in [0.5, 0.6) is 11.6 Å². The highest BCUT2D eigenvalue weighted by Crippen LogP contribution is 2.32. The Kier molecular flexibility index (Phi) is 5.64. The molecule has 0 fully saturated rings. The van der Waals surface area contributed by atoms with Crippen molar-refractivity contribution in [2.75, 3.05) is 0 Å². The first-order valence-electron chi connectivity index (χ1n) is 8.95. The van der Waals surface area contributed by atoms with E-state index in [4.69, 9.17) is 5.41 Å². The minimum atomic E-state index is -5.14. The van der Waals surface area contributed by atoms with Crippen molar-refractivity contribution in [3.63, 3.8) is 0 Å². The van der Waals surface area contributed by atoms with Gasteiger partial charge in [-0.1, -0.05) is 42.5 Å². The van der Waals surface area contributed by atoms with Gasteiger partial charge in [0.1, 0.15) is 11.3 Å². The van der Waals surface area contributed by atoms with E-state index in [9.17, 15) is 28.2 Å². The predicted octanol–water partition coefficient (Wildman–Crippen LogP) is 4.06. The van der Waals surface area contributed by atoms with Gasteiger partial charge in [0.25, 0.3) is 5.56 Å². The fourth-order valence-corrected chi connectivity index (χ4v) is 3.19. The highest BCUT2D eigenvalue weighted by atomic mass is 19.4. The second-order valence-corrected chi connectivity index (χ2v) is 6.74. The molecular formula is C21H18F3N3O3. The van der Waals surface area contributed by atoms with Gasteiger partial charge in [-0.2, -0.15) is 18.2 Å². The summed E-state index contributed by atoms with van der Waals surface area (Å²) in [5.41, 5.74) is -3.55. The Morgan fingerprint density at radius 1 is 1.10 bits per heavy atom. The number of hydrogen-bond donors (Lipinski definition) is 3. The summed E-state index contributed by atoms with van der Waals surface area (Å²) >= 11 is 0. The summed E-state index contributed by atoms with van der Waals surface area (Å²) in [5, 5.41) is 27.6. The minimum absolute atomic E-state index is 0.0647. The number of aromatic hydroxyl groups is 2. The van der Waals surface area contributed by atoms with Gasteiger partial charge in [-0.15, -0.1) is 0 Å². The number of aromatic nitrogens is 2. The van der Waals surface area contributed by atoms with Crippen molar-refractivity contribution in [3.8, 4) is 23.0 Å². The Hall–Kier alpha value is -3.62. The van der Waals surface area contributed by atoms with Crippen molar-refractivity contribution in [2.24, 2.45) is 0 Å². The number of alkyl halides is 3. The molecule has 2 aromatic carbocycles. The van der Waals surface area contributed by atoms with Crippen molar-refractivity contribution in [1.82, 2.24) is 9.55 Å². The quantitative estimate of drug-likeness (QED) is 0.545. The van der Waals surface area contributed by atoms with E-state index < -0.39 is 34.9 Å². The molecule has 3 rings (SSSR count). The van der Waals surface area contributed by atoms with Gasteiger partial charge in [0.2, 0.25) is 5.88 Å². The number of phenolic OH excluding ortho intramolecular Hbond substituents is 1. The van der Waals surface area contributed by atoms with E-state index in [0.29, 0.717) is 0 Å². The number of nitrogens with one attached hydrogen (secondary N) is 1. The maximum atomic E-state index is 13.1. The molecule has 30 heavy (non-hydrogen) atoms. The third kappa shape index (κ3) is 4.05. The molecule has 0 aliphatic heterocycles. The van der Waals surface area contributed by atoms with E-state index in [2.05, 4.69) is 4.98 Å². The second kappa shape index (κ2) is 8.02. The van der Waals surface area contributed by atoms with Gasteiger partial charge in [0.05, 0.1) is 5.56 Å². The van der Waals surface area contributed by atoms with E-state index in [1.54, 1.807) is 43.3 Å². The number of phenols is 1. The summed E-state index contributed by atoms with van der Waals surface area (Å²) in [5.74, 6) is -1.68. The summed E-state index contributed by atoms with van der Waals surface area (Å²) < 4.78 is 40.3. The molecule has 1 atom stereocenters. The average molecular weight is 417 g/mol. The zero-order valence-corrected chi connectivity index (χ0v) is 15.8. The predicted molar refractivity (Wildman–Crippen MR) is 105 cm³/mol. The van der Waals surface area contributed by atoms with Crippen molar-refractivity contribution >= 4 is 5.71 Å². The van der Waals surface area contributed by atoms with Gasteiger partial charge >= 0.3 is 6.18 Å². The van der Waals surface area contributed by atoms with Gasteiger partial charge in [0, 0.05) is 6.04 Å². The number of para-hydroxylation sites is 1. The molecule has 1 aromatic heterocycles. The first-order valence-corrected chi connectivity index (χ1v) is 8.95. The maximum absolute atomic E-state index is 13.1. The summed E-state index contributed by atoms with van der Waals surface area (Å²) in [7, 11) is 0. The zero-order chi connectivity index (χ0) is 22.1. The van der Waals surface area contributed by atoms with Crippen LogP contribution in [0.3, 0.4) is 0 Å². The molecular weight excluding hydrogens is 399 g/mol. The van der Waals surface area contributed by atoms with Crippen LogP contribution in [-0.4, -0.2) is 31.7 Å². The van der Waals surface area contributed by atoms with Crippen molar-refractivity contribution in [3.05, 3.63) is 76.1 Å². The first-order chi connectivity index (χ1) is 14.1. The molecule has 0 aliphatic carbocycles.